The third-order valence-corrected chi connectivity index (χ3v) is 4.96. The summed E-state index contributed by atoms with van der Waals surface area (Å²) in [6.07, 6.45) is 1.28. The molecular formula is C23H28N2O3. The molecule has 2 aromatic carbocycles. The molecule has 0 bridgehead atoms. The molecule has 0 radical (unpaired) electrons. The molecule has 0 saturated heterocycles. The molecule has 1 saturated carbocycles. The van der Waals surface area contributed by atoms with E-state index in [0.717, 1.165) is 11.3 Å². The number of hydrogen-bond donors (Lipinski definition) is 1. The van der Waals surface area contributed by atoms with Gasteiger partial charge in [-0.1, -0.05) is 30.3 Å². The van der Waals surface area contributed by atoms with Gasteiger partial charge in [-0.3, -0.25) is 9.59 Å². The van der Waals surface area contributed by atoms with Crippen LogP contribution in [0.25, 0.3) is 0 Å². The second kappa shape index (κ2) is 8.46. The zero-order valence-corrected chi connectivity index (χ0v) is 16.8. The van der Waals surface area contributed by atoms with Crippen LogP contribution in [-0.2, 0) is 16.1 Å². The third-order valence-electron chi connectivity index (χ3n) is 4.96. The van der Waals surface area contributed by atoms with Crippen LogP contribution < -0.4 is 10.1 Å². The largest absolute Gasteiger partial charge is 0.491 e. The van der Waals surface area contributed by atoms with E-state index < -0.39 is 5.41 Å². The molecule has 1 N–H and O–H groups in total. The number of carbonyl (C=O) groups is 2. The van der Waals surface area contributed by atoms with Crippen LogP contribution in [-0.4, -0.2) is 29.4 Å². The molecule has 148 valence electrons. The van der Waals surface area contributed by atoms with E-state index in [1.807, 2.05) is 63.2 Å². The van der Waals surface area contributed by atoms with Gasteiger partial charge in [-0.05, 0) is 63.4 Å². The van der Waals surface area contributed by atoms with Gasteiger partial charge >= 0.3 is 0 Å². The van der Waals surface area contributed by atoms with E-state index in [2.05, 4.69) is 5.32 Å². The topological polar surface area (TPSA) is 58.6 Å². The third kappa shape index (κ3) is 4.53. The molecule has 1 aliphatic rings. The standard InChI is InChI=1S/C23H28N2O3/c1-4-25(16-18-8-6-5-7-9-18)22(27)23(14-15-23)21(26)24-19-10-12-20(13-11-19)28-17(2)3/h5-13,17H,4,14-16H2,1-3H3,(H,24,26). The first kappa shape index (κ1) is 19.9. The van der Waals surface area contributed by atoms with E-state index in [9.17, 15) is 9.59 Å². The normalized spacial score (nSPS) is 14.4. The Kier molecular flexibility index (Phi) is 6.02. The van der Waals surface area contributed by atoms with Crippen molar-refractivity contribution < 1.29 is 14.3 Å². The minimum atomic E-state index is -0.933. The second-order valence-corrected chi connectivity index (χ2v) is 7.53. The highest BCUT2D eigenvalue weighted by molar-refractivity contribution is 6.13. The van der Waals surface area contributed by atoms with E-state index in [0.29, 0.717) is 31.6 Å². The summed E-state index contributed by atoms with van der Waals surface area (Å²) in [5.41, 5.74) is 0.804. The summed E-state index contributed by atoms with van der Waals surface area (Å²) in [7, 11) is 0. The molecule has 0 aliphatic heterocycles. The molecule has 28 heavy (non-hydrogen) atoms. The van der Waals surface area contributed by atoms with E-state index >= 15 is 0 Å². The van der Waals surface area contributed by atoms with Crippen molar-refractivity contribution in [3.05, 3.63) is 60.2 Å². The molecule has 0 unspecified atom stereocenters. The fourth-order valence-electron chi connectivity index (χ4n) is 3.24. The summed E-state index contributed by atoms with van der Waals surface area (Å²) in [4.78, 5) is 27.8. The van der Waals surface area contributed by atoms with Gasteiger partial charge in [0.25, 0.3) is 0 Å². The van der Waals surface area contributed by atoms with Crippen molar-refractivity contribution in [1.29, 1.82) is 0 Å². The van der Waals surface area contributed by atoms with E-state index in [1.165, 1.54) is 0 Å². The molecule has 1 aliphatic carbocycles. The second-order valence-electron chi connectivity index (χ2n) is 7.53. The number of anilines is 1. The van der Waals surface area contributed by atoms with Crippen LogP contribution in [0.4, 0.5) is 5.69 Å². The van der Waals surface area contributed by atoms with Crippen molar-refractivity contribution in [2.24, 2.45) is 5.41 Å². The van der Waals surface area contributed by atoms with Gasteiger partial charge in [0.2, 0.25) is 11.8 Å². The molecule has 5 nitrogen and oxygen atoms in total. The monoisotopic (exact) mass is 380 g/mol. The summed E-state index contributed by atoms with van der Waals surface area (Å²) < 4.78 is 5.62. The lowest BCUT2D eigenvalue weighted by molar-refractivity contribution is -0.142. The van der Waals surface area contributed by atoms with Crippen LogP contribution in [0.1, 0.15) is 39.2 Å². The van der Waals surface area contributed by atoms with Crippen molar-refractivity contribution in [3.63, 3.8) is 0 Å². The molecule has 1 fully saturated rings. The smallest absolute Gasteiger partial charge is 0.240 e. The van der Waals surface area contributed by atoms with Crippen molar-refractivity contribution in [2.75, 3.05) is 11.9 Å². The molecule has 0 heterocycles. The molecule has 2 aromatic rings. The summed E-state index contributed by atoms with van der Waals surface area (Å²) >= 11 is 0. The van der Waals surface area contributed by atoms with Gasteiger partial charge < -0.3 is 15.0 Å². The van der Waals surface area contributed by atoms with Gasteiger partial charge in [0.05, 0.1) is 6.10 Å². The van der Waals surface area contributed by atoms with E-state index in [1.54, 1.807) is 17.0 Å². The number of carbonyl (C=O) groups excluding carboxylic acids is 2. The van der Waals surface area contributed by atoms with Gasteiger partial charge in [0.15, 0.2) is 0 Å². The number of amides is 2. The number of nitrogens with zero attached hydrogens (tertiary/aromatic N) is 1. The Hall–Kier alpha value is -2.82. The maximum atomic E-state index is 13.1. The van der Waals surface area contributed by atoms with Gasteiger partial charge in [0, 0.05) is 18.8 Å². The summed E-state index contributed by atoms with van der Waals surface area (Å²) in [5, 5.41) is 2.91. The number of nitrogens with one attached hydrogen (secondary N) is 1. The Morgan fingerprint density at radius 3 is 2.25 bits per heavy atom. The summed E-state index contributed by atoms with van der Waals surface area (Å²) in [6, 6.07) is 17.1. The highest BCUT2D eigenvalue weighted by Gasteiger charge is 2.57. The van der Waals surface area contributed by atoms with Crippen molar-refractivity contribution in [1.82, 2.24) is 4.90 Å². The van der Waals surface area contributed by atoms with Crippen LogP contribution in [0.15, 0.2) is 54.6 Å². The number of hydrogen-bond acceptors (Lipinski definition) is 3. The predicted molar refractivity (Wildman–Crippen MR) is 110 cm³/mol. The van der Waals surface area contributed by atoms with Crippen LogP contribution in [0, 0.1) is 5.41 Å². The van der Waals surface area contributed by atoms with Crippen molar-refractivity contribution in [3.8, 4) is 5.75 Å². The molecule has 5 heteroatoms. The molecule has 0 aromatic heterocycles. The lowest BCUT2D eigenvalue weighted by Gasteiger charge is -2.26. The maximum absolute atomic E-state index is 13.1. The molecule has 0 spiro atoms. The predicted octanol–water partition coefficient (Wildman–Crippen LogP) is 4.24. The Balaban J connectivity index is 1.66. The zero-order chi connectivity index (χ0) is 20.1. The number of benzene rings is 2. The highest BCUT2D eigenvalue weighted by Crippen LogP contribution is 2.48. The lowest BCUT2D eigenvalue weighted by atomic mass is 10.0. The van der Waals surface area contributed by atoms with Crippen LogP contribution in [0.2, 0.25) is 0 Å². The number of ether oxygens (including phenoxy) is 1. The molecule has 3 rings (SSSR count). The Labute approximate surface area is 166 Å². The number of rotatable bonds is 8. The molecule has 0 atom stereocenters. The van der Waals surface area contributed by atoms with Gasteiger partial charge in [0.1, 0.15) is 11.2 Å². The van der Waals surface area contributed by atoms with Crippen molar-refractivity contribution in [2.45, 2.75) is 46.3 Å². The lowest BCUT2D eigenvalue weighted by Crippen LogP contribution is -2.42. The first-order chi connectivity index (χ1) is 13.4. The molecular weight excluding hydrogens is 352 g/mol. The Bertz CT molecular complexity index is 812. The van der Waals surface area contributed by atoms with Crippen molar-refractivity contribution >= 4 is 17.5 Å². The van der Waals surface area contributed by atoms with E-state index in [-0.39, 0.29) is 17.9 Å². The average molecular weight is 380 g/mol. The molecule has 2 amide bonds. The first-order valence-electron chi connectivity index (χ1n) is 9.86. The van der Waals surface area contributed by atoms with Gasteiger partial charge in [-0.25, -0.2) is 0 Å². The fourth-order valence-corrected chi connectivity index (χ4v) is 3.24. The SMILES string of the molecule is CCN(Cc1ccccc1)C(=O)C1(C(=O)Nc2ccc(OC(C)C)cc2)CC1. The average Bonchev–Trinajstić information content (AvgIpc) is 3.49. The maximum Gasteiger partial charge on any atom is 0.240 e. The van der Waals surface area contributed by atoms with E-state index in [4.69, 9.17) is 4.74 Å². The van der Waals surface area contributed by atoms with Gasteiger partial charge in [-0.2, -0.15) is 0 Å². The fraction of sp³-hybridized carbons (Fsp3) is 0.391. The van der Waals surface area contributed by atoms with Gasteiger partial charge in [-0.15, -0.1) is 0 Å². The minimum absolute atomic E-state index is 0.0869. The van der Waals surface area contributed by atoms with Crippen LogP contribution in [0.5, 0.6) is 5.75 Å². The summed E-state index contributed by atoms with van der Waals surface area (Å²) in [6.45, 7) is 6.97. The first-order valence-corrected chi connectivity index (χ1v) is 9.86. The summed E-state index contributed by atoms with van der Waals surface area (Å²) in [5.74, 6) is 0.447. The Morgan fingerprint density at radius 1 is 1.07 bits per heavy atom. The minimum Gasteiger partial charge on any atom is -0.491 e. The highest BCUT2D eigenvalue weighted by atomic mass is 16.5. The quantitative estimate of drug-likeness (QED) is 0.697. The van der Waals surface area contributed by atoms with Crippen LogP contribution >= 0.6 is 0 Å². The van der Waals surface area contributed by atoms with Crippen LogP contribution in [0.3, 0.4) is 0 Å². The Morgan fingerprint density at radius 2 is 1.71 bits per heavy atom. The zero-order valence-electron chi connectivity index (χ0n) is 16.8.